The number of hydrogen-bond acceptors (Lipinski definition) is 4. The lowest BCUT2D eigenvalue weighted by molar-refractivity contribution is -0.119. The quantitative estimate of drug-likeness (QED) is 0.197. The highest BCUT2D eigenvalue weighted by atomic mass is 79.9. The predicted molar refractivity (Wildman–Crippen MR) is 153 cm³/mol. The lowest BCUT2D eigenvalue weighted by Gasteiger charge is -2.11. The molecule has 0 unspecified atom stereocenters. The van der Waals surface area contributed by atoms with Gasteiger partial charge < -0.3 is 10.1 Å². The predicted octanol–water partition coefficient (Wildman–Crippen LogP) is 7.89. The Kier molecular flexibility index (Phi) is 7.44. The number of halogens is 2. The number of amides is 1. The average Bonchev–Trinajstić information content (AvgIpc) is 2.93. The van der Waals surface area contributed by atoms with E-state index < -0.39 is 18.5 Å². The first-order chi connectivity index (χ1) is 18.0. The van der Waals surface area contributed by atoms with Crippen LogP contribution in [0.25, 0.3) is 33.3 Å². The van der Waals surface area contributed by atoms with Gasteiger partial charge in [0.25, 0.3) is 5.91 Å². The molecule has 0 spiro atoms. The van der Waals surface area contributed by atoms with Gasteiger partial charge in [-0.25, -0.2) is 9.78 Å². The average molecular weight is 616 g/mol. The fraction of sp³-hybridized carbons (Fsp3) is 0.0333. The highest BCUT2D eigenvalue weighted by molar-refractivity contribution is 9.11. The number of carbonyl (C=O) groups is 2. The molecule has 1 N–H and O–H groups in total. The summed E-state index contributed by atoms with van der Waals surface area (Å²) < 4.78 is 6.98. The molecular weight excluding hydrogens is 596 g/mol. The monoisotopic (exact) mass is 614 g/mol. The van der Waals surface area contributed by atoms with Crippen LogP contribution in [0.4, 0.5) is 5.69 Å². The Morgan fingerprint density at radius 1 is 0.757 bits per heavy atom. The lowest BCUT2D eigenvalue weighted by Crippen LogP contribution is -2.21. The van der Waals surface area contributed by atoms with Gasteiger partial charge in [0.15, 0.2) is 6.61 Å². The molecule has 0 aliphatic heterocycles. The van der Waals surface area contributed by atoms with Gasteiger partial charge in [-0.1, -0.05) is 88.7 Å². The van der Waals surface area contributed by atoms with Crippen LogP contribution in [0.5, 0.6) is 0 Å². The van der Waals surface area contributed by atoms with Crippen LogP contribution in [0.15, 0.2) is 112 Å². The Morgan fingerprint density at radius 2 is 1.43 bits per heavy atom. The van der Waals surface area contributed by atoms with Gasteiger partial charge in [0.2, 0.25) is 0 Å². The summed E-state index contributed by atoms with van der Waals surface area (Å²) >= 11 is 6.79. The molecule has 0 aliphatic carbocycles. The molecule has 37 heavy (non-hydrogen) atoms. The molecule has 0 radical (unpaired) electrons. The topological polar surface area (TPSA) is 68.3 Å². The lowest BCUT2D eigenvalue weighted by atomic mass is 10.0. The molecule has 0 saturated carbocycles. The van der Waals surface area contributed by atoms with Crippen molar-refractivity contribution in [2.24, 2.45) is 0 Å². The number of rotatable bonds is 6. The molecule has 5 nitrogen and oxygen atoms in total. The van der Waals surface area contributed by atoms with Gasteiger partial charge in [-0.2, -0.15) is 0 Å². The van der Waals surface area contributed by atoms with Crippen LogP contribution < -0.4 is 5.32 Å². The molecular formula is C30H20Br2N2O3. The maximum atomic E-state index is 13.1. The maximum Gasteiger partial charge on any atom is 0.339 e. The Hall–Kier alpha value is -3.81. The Bertz CT molecular complexity index is 1600. The van der Waals surface area contributed by atoms with Gasteiger partial charge in [-0.3, -0.25) is 4.79 Å². The molecule has 0 aliphatic rings. The van der Waals surface area contributed by atoms with E-state index in [-0.39, 0.29) is 0 Å². The van der Waals surface area contributed by atoms with Crippen LogP contribution >= 0.6 is 31.9 Å². The third-order valence-corrected chi connectivity index (χ3v) is 6.91. The Labute approximate surface area is 230 Å². The van der Waals surface area contributed by atoms with Crippen molar-refractivity contribution >= 4 is 60.3 Å². The highest BCUT2D eigenvalue weighted by Crippen LogP contribution is 2.28. The number of para-hydroxylation sites is 1. The number of nitrogens with zero attached hydrogens (tertiary/aromatic N) is 1. The van der Waals surface area contributed by atoms with Gasteiger partial charge in [0.05, 0.1) is 22.5 Å². The van der Waals surface area contributed by atoms with Gasteiger partial charge in [0, 0.05) is 19.9 Å². The number of benzene rings is 4. The molecule has 5 rings (SSSR count). The van der Waals surface area contributed by atoms with Crippen LogP contribution in [0.3, 0.4) is 0 Å². The molecule has 0 saturated heterocycles. The number of hydrogen-bond donors (Lipinski definition) is 1. The fourth-order valence-corrected chi connectivity index (χ4v) is 5.09. The number of anilines is 1. The van der Waals surface area contributed by atoms with Crippen molar-refractivity contribution in [2.45, 2.75) is 0 Å². The number of ether oxygens (including phenoxy) is 1. The van der Waals surface area contributed by atoms with Gasteiger partial charge >= 0.3 is 5.97 Å². The number of aromatic nitrogens is 1. The molecule has 4 aromatic carbocycles. The largest absolute Gasteiger partial charge is 0.452 e. The molecule has 0 fully saturated rings. The molecule has 0 atom stereocenters. The minimum absolute atomic E-state index is 0.352. The summed E-state index contributed by atoms with van der Waals surface area (Å²) in [4.78, 5) is 30.3. The Morgan fingerprint density at radius 3 is 2.19 bits per heavy atom. The second-order valence-corrected chi connectivity index (χ2v) is 10.0. The normalized spacial score (nSPS) is 10.8. The second kappa shape index (κ2) is 11.1. The van der Waals surface area contributed by atoms with Crippen molar-refractivity contribution in [2.75, 3.05) is 11.9 Å². The number of nitrogens with one attached hydrogen (secondary N) is 1. The number of carbonyl (C=O) groups excluding carboxylic acids is 2. The number of fused-ring (bicyclic) bond motifs is 1. The highest BCUT2D eigenvalue weighted by Gasteiger charge is 2.17. The van der Waals surface area contributed by atoms with Crippen molar-refractivity contribution in [3.8, 4) is 22.4 Å². The van der Waals surface area contributed by atoms with E-state index in [1.54, 1.807) is 12.1 Å². The van der Waals surface area contributed by atoms with Crippen molar-refractivity contribution in [3.63, 3.8) is 0 Å². The van der Waals surface area contributed by atoms with E-state index in [9.17, 15) is 9.59 Å². The maximum absolute atomic E-state index is 13.1. The van der Waals surface area contributed by atoms with E-state index in [0.29, 0.717) is 32.3 Å². The summed E-state index contributed by atoms with van der Waals surface area (Å²) in [5, 5.41) is 3.40. The van der Waals surface area contributed by atoms with E-state index in [1.165, 1.54) is 0 Å². The van der Waals surface area contributed by atoms with Crippen LogP contribution in [-0.4, -0.2) is 23.5 Å². The zero-order chi connectivity index (χ0) is 25.8. The standard InChI is InChI=1S/C30H20Br2N2O3/c31-22-14-15-27(25(32)16-22)34-29(35)18-37-30(36)24-17-28(33-26-9-5-4-8-23(24)26)21-12-10-20(11-13-21)19-6-2-1-3-7-19/h1-17H,18H2,(H,34,35). The smallest absolute Gasteiger partial charge is 0.339 e. The first-order valence-corrected chi connectivity index (χ1v) is 13.0. The third-order valence-electron chi connectivity index (χ3n) is 5.76. The van der Waals surface area contributed by atoms with Crippen LogP contribution in [0.2, 0.25) is 0 Å². The first kappa shape index (κ1) is 24.9. The third kappa shape index (κ3) is 5.79. The zero-order valence-corrected chi connectivity index (χ0v) is 22.6. The summed E-state index contributed by atoms with van der Waals surface area (Å²) in [5.74, 6) is -1.03. The van der Waals surface area contributed by atoms with Crippen LogP contribution in [0, 0.1) is 0 Å². The van der Waals surface area contributed by atoms with E-state index in [0.717, 1.165) is 21.2 Å². The van der Waals surface area contributed by atoms with E-state index >= 15 is 0 Å². The molecule has 7 heteroatoms. The van der Waals surface area contributed by atoms with Crippen molar-refractivity contribution in [1.29, 1.82) is 0 Å². The van der Waals surface area contributed by atoms with E-state index in [4.69, 9.17) is 9.72 Å². The molecule has 0 bridgehead atoms. The fourth-order valence-electron chi connectivity index (χ4n) is 3.94. The van der Waals surface area contributed by atoms with Crippen LogP contribution in [-0.2, 0) is 9.53 Å². The summed E-state index contributed by atoms with van der Waals surface area (Å²) in [6.07, 6.45) is 0. The first-order valence-electron chi connectivity index (χ1n) is 11.5. The molecule has 5 aromatic rings. The Balaban J connectivity index is 1.37. The summed E-state index contributed by atoms with van der Waals surface area (Å²) in [5.41, 5.74) is 5.34. The van der Waals surface area contributed by atoms with E-state index in [1.807, 2.05) is 78.9 Å². The van der Waals surface area contributed by atoms with Crippen molar-refractivity contribution in [1.82, 2.24) is 4.98 Å². The number of esters is 1. The molecule has 1 amide bonds. The second-order valence-electron chi connectivity index (χ2n) is 8.26. The number of pyridine rings is 1. The molecule has 182 valence electrons. The van der Waals surface area contributed by atoms with Crippen molar-refractivity contribution in [3.05, 3.63) is 118 Å². The van der Waals surface area contributed by atoms with Gasteiger partial charge in [0.1, 0.15) is 0 Å². The SMILES string of the molecule is O=C(COC(=O)c1cc(-c2ccc(-c3ccccc3)cc2)nc2ccccc12)Nc1ccc(Br)cc1Br. The molecule has 1 aromatic heterocycles. The minimum atomic E-state index is -0.592. The summed E-state index contributed by atoms with van der Waals surface area (Å²) in [6.45, 7) is -0.418. The van der Waals surface area contributed by atoms with Gasteiger partial charge in [-0.05, 0) is 57.4 Å². The minimum Gasteiger partial charge on any atom is -0.452 e. The van der Waals surface area contributed by atoms with Crippen molar-refractivity contribution < 1.29 is 14.3 Å². The zero-order valence-electron chi connectivity index (χ0n) is 19.4. The molecule has 1 heterocycles. The van der Waals surface area contributed by atoms with Crippen LogP contribution in [0.1, 0.15) is 10.4 Å². The summed E-state index contributed by atoms with van der Waals surface area (Å²) in [7, 11) is 0. The van der Waals surface area contributed by atoms with E-state index in [2.05, 4.69) is 49.3 Å². The summed E-state index contributed by atoms with van der Waals surface area (Å²) in [6, 6.07) is 32.6. The van der Waals surface area contributed by atoms with Gasteiger partial charge in [-0.15, -0.1) is 0 Å².